The normalized spacial score (nSPS) is 12.3. The van der Waals surface area contributed by atoms with E-state index in [4.69, 9.17) is 5.73 Å². The maximum Gasteiger partial charge on any atom is 0.293 e. The first-order chi connectivity index (χ1) is 8.99. The van der Waals surface area contributed by atoms with Crippen molar-refractivity contribution in [2.24, 2.45) is 11.7 Å². The van der Waals surface area contributed by atoms with E-state index in [1.807, 2.05) is 0 Å². The Balaban J connectivity index is 2.95. The summed E-state index contributed by atoms with van der Waals surface area (Å²) in [7, 11) is 0. The van der Waals surface area contributed by atoms with E-state index in [0.717, 1.165) is 25.7 Å². The molecule has 0 radical (unpaired) electrons. The van der Waals surface area contributed by atoms with Crippen LogP contribution in [0.3, 0.4) is 0 Å². The number of primary amides is 1. The van der Waals surface area contributed by atoms with Gasteiger partial charge in [0.2, 0.25) is 5.75 Å². The summed E-state index contributed by atoms with van der Waals surface area (Å²) >= 11 is 0. The maximum atomic E-state index is 11.5. The number of carbonyl (C=O) groups excluding carboxylic acids is 1. The van der Waals surface area contributed by atoms with Crippen molar-refractivity contribution < 1.29 is 9.90 Å². The second kappa shape index (κ2) is 6.92. The van der Waals surface area contributed by atoms with Gasteiger partial charge in [-0.05, 0) is 5.92 Å². The summed E-state index contributed by atoms with van der Waals surface area (Å²) in [4.78, 5) is 29.0. The van der Waals surface area contributed by atoms with E-state index < -0.39 is 17.2 Å². The quantitative estimate of drug-likeness (QED) is 0.692. The second-order valence-electron chi connectivity index (χ2n) is 4.69. The van der Waals surface area contributed by atoms with Crippen LogP contribution in [-0.2, 0) is 6.42 Å². The van der Waals surface area contributed by atoms with E-state index in [-0.39, 0.29) is 5.69 Å². The first-order valence-corrected chi connectivity index (χ1v) is 6.61. The minimum absolute atomic E-state index is 0.357. The zero-order valence-electron chi connectivity index (χ0n) is 11.4. The zero-order valence-corrected chi connectivity index (χ0v) is 11.4. The molecule has 6 heteroatoms. The largest absolute Gasteiger partial charge is 0.501 e. The van der Waals surface area contributed by atoms with E-state index in [1.165, 1.54) is 0 Å². The van der Waals surface area contributed by atoms with Crippen LogP contribution in [0.2, 0.25) is 0 Å². The lowest BCUT2D eigenvalue weighted by atomic mass is 9.95. The first kappa shape index (κ1) is 15.2. The maximum absolute atomic E-state index is 11.5. The summed E-state index contributed by atoms with van der Waals surface area (Å²) in [6.07, 6.45) is 4.82. The third-order valence-corrected chi connectivity index (χ3v) is 3.20. The van der Waals surface area contributed by atoms with Crippen molar-refractivity contribution in [3.05, 3.63) is 21.9 Å². The summed E-state index contributed by atoms with van der Waals surface area (Å²) in [5.41, 5.74) is 4.01. The lowest BCUT2D eigenvalue weighted by Gasteiger charge is -2.14. The van der Waals surface area contributed by atoms with Gasteiger partial charge in [-0.1, -0.05) is 39.5 Å². The summed E-state index contributed by atoms with van der Waals surface area (Å²) < 4.78 is 0. The lowest BCUT2D eigenvalue weighted by molar-refractivity contribution is 0.0991. The molecular weight excluding hydrogens is 246 g/mol. The highest BCUT2D eigenvalue weighted by atomic mass is 16.3. The van der Waals surface area contributed by atoms with Crippen LogP contribution in [0.1, 0.15) is 55.8 Å². The van der Waals surface area contributed by atoms with Crippen LogP contribution in [0.4, 0.5) is 0 Å². The van der Waals surface area contributed by atoms with Gasteiger partial charge in [-0.2, -0.15) is 0 Å². The van der Waals surface area contributed by atoms with Crippen LogP contribution in [0.15, 0.2) is 4.79 Å². The van der Waals surface area contributed by atoms with Gasteiger partial charge in [-0.25, -0.2) is 4.98 Å². The zero-order chi connectivity index (χ0) is 14.4. The molecule has 4 N–H and O–H groups in total. The van der Waals surface area contributed by atoms with Crippen LogP contribution < -0.4 is 11.3 Å². The molecule has 106 valence electrons. The predicted molar refractivity (Wildman–Crippen MR) is 72.1 cm³/mol. The Bertz CT molecular complexity index is 496. The number of nitrogens with zero attached hydrogens (tertiary/aromatic N) is 1. The Hall–Kier alpha value is -1.85. The molecular formula is C13H21N3O3. The number of H-pyrrole nitrogens is 1. The number of rotatable bonds is 7. The van der Waals surface area contributed by atoms with Crippen molar-refractivity contribution in [1.82, 2.24) is 9.97 Å². The lowest BCUT2D eigenvalue weighted by Crippen LogP contribution is -2.22. The molecule has 0 aliphatic carbocycles. The highest BCUT2D eigenvalue weighted by molar-refractivity contribution is 5.93. The van der Waals surface area contributed by atoms with E-state index in [1.54, 1.807) is 0 Å². The number of carbonyl (C=O) groups is 1. The van der Waals surface area contributed by atoms with Gasteiger partial charge in [-0.3, -0.25) is 9.59 Å². The number of hydrogen-bond donors (Lipinski definition) is 3. The molecule has 0 aliphatic heterocycles. The number of amides is 1. The first-order valence-electron chi connectivity index (χ1n) is 6.61. The molecule has 1 rings (SSSR count). The summed E-state index contributed by atoms with van der Waals surface area (Å²) in [5.74, 6) is -0.808. The monoisotopic (exact) mass is 267 g/mol. The Labute approximate surface area is 112 Å². The van der Waals surface area contributed by atoms with Gasteiger partial charge in [0.1, 0.15) is 5.82 Å². The van der Waals surface area contributed by atoms with Crippen molar-refractivity contribution in [2.75, 3.05) is 0 Å². The summed E-state index contributed by atoms with van der Waals surface area (Å²) in [6, 6.07) is 0. The smallest absolute Gasteiger partial charge is 0.293 e. The van der Waals surface area contributed by atoms with Crippen LogP contribution in [0, 0.1) is 5.92 Å². The fourth-order valence-electron chi connectivity index (χ4n) is 2.00. The van der Waals surface area contributed by atoms with Crippen LogP contribution in [0.25, 0.3) is 0 Å². The van der Waals surface area contributed by atoms with Crippen molar-refractivity contribution in [3.63, 3.8) is 0 Å². The fraction of sp³-hybridized carbons (Fsp3) is 0.615. The number of unbranched alkanes of at least 4 members (excludes halogenated alkanes) is 1. The Morgan fingerprint density at radius 3 is 2.68 bits per heavy atom. The fourth-order valence-corrected chi connectivity index (χ4v) is 2.00. The molecule has 1 aromatic rings. The second-order valence-corrected chi connectivity index (χ2v) is 4.69. The molecule has 1 heterocycles. The average Bonchev–Trinajstić information content (AvgIpc) is 2.37. The third-order valence-electron chi connectivity index (χ3n) is 3.20. The molecule has 1 atom stereocenters. The third kappa shape index (κ3) is 4.08. The molecule has 0 aliphatic rings. The molecule has 19 heavy (non-hydrogen) atoms. The van der Waals surface area contributed by atoms with Crippen LogP contribution in [0.5, 0.6) is 5.75 Å². The number of aromatic nitrogens is 2. The Morgan fingerprint density at radius 1 is 1.47 bits per heavy atom. The molecule has 0 spiro atoms. The van der Waals surface area contributed by atoms with Crippen molar-refractivity contribution >= 4 is 5.91 Å². The van der Waals surface area contributed by atoms with Gasteiger partial charge in [-0.15, -0.1) is 0 Å². The minimum Gasteiger partial charge on any atom is -0.501 e. The number of nitrogens with one attached hydrogen (secondary N) is 1. The number of aromatic amines is 1. The predicted octanol–water partition coefficient (Wildman–Crippen LogP) is 1.33. The molecule has 1 unspecified atom stereocenters. The molecule has 0 bridgehead atoms. The SMILES string of the molecule is CCCCC(CC)Cc1nc(C(N)=O)c(O)c(=O)[nH]1. The van der Waals surface area contributed by atoms with Crippen molar-refractivity contribution in [2.45, 2.75) is 46.0 Å². The van der Waals surface area contributed by atoms with Crippen LogP contribution in [-0.4, -0.2) is 21.0 Å². The Morgan fingerprint density at radius 2 is 2.16 bits per heavy atom. The minimum atomic E-state index is -0.897. The highest BCUT2D eigenvalue weighted by Crippen LogP contribution is 2.17. The highest BCUT2D eigenvalue weighted by Gasteiger charge is 2.17. The number of aromatic hydroxyl groups is 1. The topological polar surface area (TPSA) is 109 Å². The van der Waals surface area contributed by atoms with Gasteiger partial charge in [0.05, 0.1) is 0 Å². The molecule has 1 aromatic heterocycles. The Kier molecular flexibility index (Phi) is 5.54. The molecule has 1 amide bonds. The molecule has 0 aromatic carbocycles. The summed E-state index contributed by atoms with van der Waals surface area (Å²) in [6.45, 7) is 4.20. The molecule has 0 saturated heterocycles. The number of hydrogen-bond acceptors (Lipinski definition) is 4. The van der Waals surface area contributed by atoms with Gasteiger partial charge in [0.25, 0.3) is 11.5 Å². The van der Waals surface area contributed by atoms with Gasteiger partial charge in [0, 0.05) is 6.42 Å². The standard InChI is InChI=1S/C13H21N3O3/c1-3-5-6-8(4-2)7-9-15-10(12(14)18)11(17)13(19)16-9/h8,17H,3-7H2,1-2H3,(H2,14,18)(H,15,16,19). The van der Waals surface area contributed by atoms with Gasteiger partial charge < -0.3 is 15.8 Å². The number of nitrogens with two attached hydrogens (primary N) is 1. The summed E-state index contributed by atoms with van der Waals surface area (Å²) in [5, 5.41) is 9.42. The van der Waals surface area contributed by atoms with Crippen LogP contribution >= 0.6 is 0 Å². The molecule has 6 nitrogen and oxygen atoms in total. The van der Waals surface area contributed by atoms with Gasteiger partial charge in [0.15, 0.2) is 5.69 Å². The molecule has 0 fully saturated rings. The molecule has 0 saturated carbocycles. The van der Waals surface area contributed by atoms with Crippen molar-refractivity contribution in [1.29, 1.82) is 0 Å². The van der Waals surface area contributed by atoms with Crippen molar-refractivity contribution in [3.8, 4) is 5.75 Å². The van der Waals surface area contributed by atoms with E-state index in [9.17, 15) is 14.7 Å². The van der Waals surface area contributed by atoms with E-state index in [2.05, 4.69) is 23.8 Å². The average molecular weight is 267 g/mol. The van der Waals surface area contributed by atoms with E-state index >= 15 is 0 Å². The van der Waals surface area contributed by atoms with Gasteiger partial charge >= 0.3 is 0 Å². The van der Waals surface area contributed by atoms with E-state index in [0.29, 0.717) is 18.2 Å².